The third-order valence-corrected chi connectivity index (χ3v) is 7.09. The molecule has 2 heterocycles. The molecule has 2 aromatic carbocycles. The summed E-state index contributed by atoms with van der Waals surface area (Å²) >= 11 is 6.07. The zero-order chi connectivity index (χ0) is 27.2. The molecule has 1 N–H and O–H groups in total. The summed E-state index contributed by atoms with van der Waals surface area (Å²) in [5.74, 6) is 0.118. The standard InChI is InChI=1S/C28H33ClN4O5/c1-4-38-27(35)24-23(31(2)28(36)30-25(24)19-9-11-21(29)12-10-19)18-32-13-6-14-33(16-15-32)26(34)20-7-5-8-22(17-20)37-3/h5,7-12,17,25H,4,6,13-16,18H2,1-3H3,(H,30,36)/t25-/m0/s1. The molecule has 1 saturated heterocycles. The van der Waals surface area contributed by atoms with Gasteiger partial charge < -0.3 is 19.7 Å². The Bertz CT molecular complexity index is 1220. The summed E-state index contributed by atoms with van der Waals surface area (Å²) < 4.78 is 10.7. The van der Waals surface area contributed by atoms with Gasteiger partial charge in [-0.1, -0.05) is 29.8 Å². The van der Waals surface area contributed by atoms with Crippen molar-refractivity contribution in [3.8, 4) is 5.75 Å². The molecule has 0 saturated carbocycles. The Balaban J connectivity index is 1.58. The van der Waals surface area contributed by atoms with Crippen LogP contribution in [0.4, 0.5) is 4.79 Å². The molecule has 1 fully saturated rings. The van der Waals surface area contributed by atoms with Crippen molar-refractivity contribution in [3.05, 3.63) is 76.0 Å². The van der Waals surface area contributed by atoms with E-state index in [-0.39, 0.29) is 18.5 Å². The van der Waals surface area contributed by atoms with Gasteiger partial charge in [0.05, 0.1) is 25.3 Å². The van der Waals surface area contributed by atoms with Crippen LogP contribution in [-0.4, -0.2) is 86.1 Å². The Hall–Kier alpha value is -3.56. The Kier molecular flexibility index (Phi) is 8.91. The molecular formula is C28H33ClN4O5. The molecule has 0 bridgehead atoms. The number of esters is 1. The maximum Gasteiger partial charge on any atom is 0.338 e. The molecule has 202 valence electrons. The van der Waals surface area contributed by atoms with E-state index in [4.69, 9.17) is 21.1 Å². The molecule has 0 aromatic heterocycles. The van der Waals surface area contributed by atoms with Crippen LogP contribution in [0.25, 0.3) is 0 Å². The number of hydrogen-bond donors (Lipinski definition) is 1. The molecule has 2 aliphatic rings. The molecule has 0 unspecified atom stereocenters. The fourth-order valence-electron chi connectivity index (χ4n) is 4.79. The van der Waals surface area contributed by atoms with Gasteiger partial charge in [0.25, 0.3) is 5.91 Å². The van der Waals surface area contributed by atoms with E-state index in [1.165, 1.54) is 4.90 Å². The summed E-state index contributed by atoms with van der Waals surface area (Å²) in [5.41, 5.74) is 2.30. The zero-order valence-electron chi connectivity index (χ0n) is 21.9. The molecule has 1 atom stereocenters. The smallest absolute Gasteiger partial charge is 0.338 e. The molecule has 4 rings (SSSR count). The van der Waals surface area contributed by atoms with Crippen molar-refractivity contribution in [3.63, 3.8) is 0 Å². The number of carbonyl (C=O) groups excluding carboxylic acids is 3. The number of methoxy groups -OCH3 is 1. The average Bonchev–Trinajstić information content (AvgIpc) is 3.17. The second-order valence-electron chi connectivity index (χ2n) is 9.23. The van der Waals surface area contributed by atoms with E-state index < -0.39 is 12.0 Å². The van der Waals surface area contributed by atoms with Gasteiger partial charge in [0.15, 0.2) is 0 Å². The first kappa shape index (κ1) is 27.5. The summed E-state index contributed by atoms with van der Waals surface area (Å²) in [7, 11) is 3.23. The first-order valence-corrected chi connectivity index (χ1v) is 13.1. The first-order valence-electron chi connectivity index (χ1n) is 12.7. The lowest BCUT2D eigenvalue weighted by atomic mass is 9.94. The van der Waals surface area contributed by atoms with Gasteiger partial charge >= 0.3 is 12.0 Å². The maximum atomic E-state index is 13.2. The monoisotopic (exact) mass is 540 g/mol. The number of nitrogens with one attached hydrogen (secondary N) is 1. The van der Waals surface area contributed by atoms with Crippen LogP contribution in [-0.2, 0) is 9.53 Å². The number of nitrogens with zero attached hydrogens (tertiary/aromatic N) is 3. The number of benzene rings is 2. The van der Waals surface area contributed by atoms with E-state index in [0.717, 1.165) is 12.0 Å². The lowest BCUT2D eigenvalue weighted by molar-refractivity contribution is -0.139. The second kappa shape index (κ2) is 12.3. The van der Waals surface area contributed by atoms with E-state index >= 15 is 0 Å². The minimum atomic E-state index is -0.664. The molecule has 10 heteroatoms. The number of amides is 3. The summed E-state index contributed by atoms with van der Waals surface area (Å²) in [6.45, 7) is 4.77. The zero-order valence-corrected chi connectivity index (χ0v) is 22.7. The van der Waals surface area contributed by atoms with Gasteiger partial charge in [-0.25, -0.2) is 9.59 Å². The van der Waals surface area contributed by atoms with Crippen LogP contribution >= 0.6 is 11.6 Å². The Morgan fingerprint density at radius 2 is 1.84 bits per heavy atom. The van der Waals surface area contributed by atoms with Gasteiger partial charge in [-0.3, -0.25) is 14.6 Å². The fourth-order valence-corrected chi connectivity index (χ4v) is 4.91. The second-order valence-corrected chi connectivity index (χ2v) is 9.66. The molecule has 0 spiro atoms. The highest BCUT2D eigenvalue weighted by Gasteiger charge is 2.37. The van der Waals surface area contributed by atoms with Gasteiger partial charge in [-0.15, -0.1) is 0 Å². The van der Waals surface area contributed by atoms with Crippen molar-refractivity contribution in [1.82, 2.24) is 20.0 Å². The van der Waals surface area contributed by atoms with E-state index in [1.54, 1.807) is 63.5 Å². The molecular weight excluding hydrogens is 508 g/mol. The van der Waals surface area contributed by atoms with Crippen LogP contribution < -0.4 is 10.1 Å². The minimum Gasteiger partial charge on any atom is -0.497 e. The molecule has 2 aromatic rings. The predicted molar refractivity (Wildman–Crippen MR) is 144 cm³/mol. The fraction of sp³-hybridized carbons (Fsp3) is 0.393. The molecule has 2 aliphatic heterocycles. The highest BCUT2D eigenvalue weighted by atomic mass is 35.5. The lowest BCUT2D eigenvalue weighted by Crippen LogP contribution is -2.49. The molecule has 9 nitrogen and oxygen atoms in total. The number of urea groups is 1. The largest absolute Gasteiger partial charge is 0.497 e. The minimum absolute atomic E-state index is 0.0471. The van der Waals surface area contributed by atoms with Crippen molar-refractivity contribution >= 4 is 29.5 Å². The van der Waals surface area contributed by atoms with Crippen molar-refractivity contribution in [2.45, 2.75) is 19.4 Å². The highest BCUT2D eigenvalue weighted by molar-refractivity contribution is 6.30. The summed E-state index contributed by atoms with van der Waals surface area (Å²) in [6.07, 6.45) is 0.758. The summed E-state index contributed by atoms with van der Waals surface area (Å²) in [5, 5.41) is 3.49. The number of rotatable bonds is 7. The lowest BCUT2D eigenvalue weighted by Gasteiger charge is -2.36. The van der Waals surface area contributed by atoms with Crippen LogP contribution in [0.5, 0.6) is 5.75 Å². The number of halogens is 1. The number of ether oxygens (including phenoxy) is 2. The van der Waals surface area contributed by atoms with E-state index in [2.05, 4.69) is 10.2 Å². The van der Waals surface area contributed by atoms with Gasteiger partial charge in [-0.2, -0.15) is 0 Å². The average molecular weight is 541 g/mol. The Morgan fingerprint density at radius 1 is 1.08 bits per heavy atom. The quantitative estimate of drug-likeness (QED) is 0.538. The van der Waals surface area contributed by atoms with Crippen LogP contribution in [0.2, 0.25) is 5.02 Å². The van der Waals surface area contributed by atoms with Gasteiger partial charge in [0.2, 0.25) is 0 Å². The normalized spacial score (nSPS) is 18.6. The molecule has 0 radical (unpaired) electrons. The molecule has 3 amide bonds. The topological polar surface area (TPSA) is 91.4 Å². The molecule has 0 aliphatic carbocycles. The van der Waals surface area contributed by atoms with Gasteiger partial charge in [0.1, 0.15) is 5.75 Å². The van der Waals surface area contributed by atoms with Crippen molar-refractivity contribution in [2.24, 2.45) is 0 Å². The Labute approximate surface area is 227 Å². The van der Waals surface area contributed by atoms with Gasteiger partial charge in [-0.05, 0) is 49.2 Å². The number of carbonyl (C=O) groups is 3. The molecule has 38 heavy (non-hydrogen) atoms. The summed E-state index contributed by atoms with van der Waals surface area (Å²) in [4.78, 5) is 44.8. The van der Waals surface area contributed by atoms with Gasteiger partial charge in [0, 0.05) is 56.1 Å². The third-order valence-electron chi connectivity index (χ3n) is 6.84. The van der Waals surface area contributed by atoms with Crippen LogP contribution in [0, 0.1) is 0 Å². The third kappa shape index (κ3) is 6.11. The SMILES string of the molecule is CCOC(=O)C1=C(CN2CCCN(C(=O)c3cccc(OC)c3)CC2)N(C)C(=O)N[C@H]1c1ccc(Cl)cc1. The number of hydrogen-bond acceptors (Lipinski definition) is 6. The van der Waals surface area contributed by atoms with Crippen LogP contribution in [0.3, 0.4) is 0 Å². The van der Waals surface area contributed by atoms with E-state index in [0.29, 0.717) is 60.3 Å². The van der Waals surface area contributed by atoms with Crippen molar-refractivity contribution in [2.75, 3.05) is 53.5 Å². The summed E-state index contributed by atoms with van der Waals surface area (Å²) in [6, 6.07) is 13.2. The van der Waals surface area contributed by atoms with Crippen LogP contribution in [0.15, 0.2) is 59.8 Å². The predicted octanol–water partition coefficient (Wildman–Crippen LogP) is 3.71. The number of likely N-dealkylation sites (N-methyl/N-ethyl adjacent to an activating group) is 1. The van der Waals surface area contributed by atoms with E-state index in [9.17, 15) is 14.4 Å². The Morgan fingerprint density at radius 3 is 2.55 bits per heavy atom. The van der Waals surface area contributed by atoms with E-state index in [1.807, 2.05) is 11.0 Å². The maximum absolute atomic E-state index is 13.2. The van der Waals surface area contributed by atoms with Crippen LogP contribution in [0.1, 0.15) is 35.3 Å². The van der Waals surface area contributed by atoms with Crippen molar-refractivity contribution < 1.29 is 23.9 Å². The van der Waals surface area contributed by atoms with Crippen molar-refractivity contribution in [1.29, 1.82) is 0 Å². The highest BCUT2D eigenvalue weighted by Crippen LogP contribution is 2.32. The first-order chi connectivity index (χ1) is 18.3.